The predicted octanol–water partition coefficient (Wildman–Crippen LogP) is 2.11. The second kappa shape index (κ2) is 7.93. The summed E-state index contributed by atoms with van der Waals surface area (Å²) >= 11 is 0. The molecule has 4 aromatic rings. The van der Waals surface area contributed by atoms with E-state index in [0.717, 1.165) is 16.8 Å². The Bertz CT molecular complexity index is 1130. The standard InChI is InChI=1S/C20H20N8O/c1-14-9-18(28(26-14)11-15-5-3-2-4-6-15)25-19(29)13-27-12-16(10-23-27)17-7-8-22-20(21)24-17/h2-10,12H,11,13H2,1H3,(H,25,29)(H2,21,22,24). The first-order valence-electron chi connectivity index (χ1n) is 9.06. The largest absolute Gasteiger partial charge is 0.368 e. The van der Waals surface area contributed by atoms with Crippen molar-refractivity contribution in [2.75, 3.05) is 11.1 Å². The van der Waals surface area contributed by atoms with Crippen molar-refractivity contribution < 1.29 is 4.79 Å². The van der Waals surface area contributed by atoms with Crippen LogP contribution in [0.1, 0.15) is 11.3 Å². The second-order valence-corrected chi connectivity index (χ2v) is 6.59. The molecule has 29 heavy (non-hydrogen) atoms. The molecule has 0 saturated heterocycles. The van der Waals surface area contributed by atoms with Gasteiger partial charge in [0.2, 0.25) is 11.9 Å². The van der Waals surface area contributed by atoms with Gasteiger partial charge in [-0.2, -0.15) is 10.2 Å². The van der Waals surface area contributed by atoms with E-state index in [2.05, 4.69) is 25.5 Å². The van der Waals surface area contributed by atoms with Gasteiger partial charge in [0.25, 0.3) is 0 Å². The summed E-state index contributed by atoms with van der Waals surface area (Å²) in [7, 11) is 0. The molecule has 0 aliphatic rings. The molecule has 3 heterocycles. The van der Waals surface area contributed by atoms with Gasteiger partial charge in [0.15, 0.2) is 0 Å². The molecule has 0 saturated carbocycles. The maximum Gasteiger partial charge on any atom is 0.247 e. The van der Waals surface area contributed by atoms with Crippen LogP contribution in [0.5, 0.6) is 0 Å². The number of amides is 1. The molecule has 1 aromatic carbocycles. The maximum absolute atomic E-state index is 12.5. The Morgan fingerprint density at radius 1 is 1.21 bits per heavy atom. The van der Waals surface area contributed by atoms with Crippen LogP contribution in [-0.2, 0) is 17.9 Å². The fraction of sp³-hybridized carbons (Fsp3) is 0.150. The summed E-state index contributed by atoms with van der Waals surface area (Å²) in [5.41, 5.74) is 8.97. The number of nitrogen functional groups attached to an aromatic ring is 1. The molecule has 0 aliphatic heterocycles. The van der Waals surface area contributed by atoms with Crippen LogP contribution in [-0.4, -0.2) is 35.4 Å². The molecular weight excluding hydrogens is 368 g/mol. The van der Waals surface area contributed by atoms with Crippen LogP contribution in [0.3, 0.4) is 0 Å². The first-order valence-corrected chi connectivity index (χ1v) is 9.06. The Hall–Kier alpha value is -4.01. The molecular formula is C20H20N8O. The normalized spacial score (nSPS) is 10.8. The summed E-state index contributed by atoms with van der Waals surface area (Å²) in [4.78, 5) is 20.6. The van der Waals surface area contributed by atoms with Crippen LogP contribution in [0.15, 0.2) is 61.1 Å². The molecule has 3 aromatic heterocycles. The molecule has 0 fully saturated rings. The fourth-order valence-corrected chi connectivity index (χ4v) is 2.97. The van der Waals surface area contributed by atoms with E-state index >= 15 is 0 Å². The minimum Gasteiger partial charge on any atom is -0.368 e. The highest BCUT2D eigenvalue weighted by atomic mass is 16.2. The summed E-state index contributed by atoms with van der Waals surface area (Å²) in [6.45, 7) is 2.53. The molecule has 0 radical (unpaired) electrons. The number of aryl methyl sites for hydroxylation is 1. The summed E-state index contributed by atoms with van der Waals surface area (Å²) in [5.74, 6) is 0.637. The van der Waals surface area contributed by atoms with Gasteiger partial charge < -0.3 is 11.1 Å². The number of carbonyl (C=O) groups is 1. The Labute approximate surface area is 167 Å². The molecule has 146 valence electrons. The Morgan fingerprint density at radius 3 is 2.83 bits per heavy atom. The highest BCUT2D eigenvalue weighted by Crippen LogP contribution is 2.16. The first kappa shape index (κ1) is 18.4. The highest BCUT2D eigenvalue weighted by molar-refractivity contribution is 5.89. The van der Waals surface area contributed by atoms with Gasteiger partial charge in [-0.3, -0.25) is 9.48 Å². The third kappa shape index (κ3) is 4.46. The number of rotatable bonds is 6. The zero-order chi connectivity index (χ0) is 20.2. The quantitative estimate of drug-likeness (QED) is 0.522. The van der Waals surface area contributed by atoms with Crippen LogP contribution in [0.2, 0.25) is 0 Å². The zero-order valence-electron chi connectivity index (χ0n) is 15.9. The number of nitrogens with two attached hydrogens (primary N) is 1. The van der Waals surface area contributed by atoms with Gasteiger partial charge in [-0.05, 0) is 18.6 Å². The summed E-state index contributed by atoms with van der Waals surface area (Å²) < 4.78 is 3.33. The molecule has 0 bridgehead atoms. The minimum absolute atomic E-state index is 0.0656. The molecule has 1 amide bonds. The van der Waals surface area contributed by atoms with Crippen LogP contribution in [0.25, 0.3) is 11.3 Å². The van der Waals surface area contributed by atoms with Crippen LogP contribution < -0.4 is 11.1 Å². The van der Waals surface area contributed by atoms with Gasteiger partial charge in [0.05, 0.1) is 24.1 Å². The van der Waals surface area contributed by atoms with E-state index < -0.39 is 0 Å². The third-order valence-corrected chi connectivity index (χ3v) is 4.25. The van der Waals surface area contributed by atoms with E-state index in [1.165, 1.54) is 0 Å². The molecule has 9 nitrogen and oxygen atoms in total. The summed E-state index contributed by atoms with van der Waals surface area (Å²) in [5, 5.41) is 11.6. The van der Waals surface area contributed by atoms with E-state index in [1.807, 2.05) is 43.3 Å². The van der Waals surface area contributed by atoms with Crippen molar-refractivity contribution in [2.45, 2.75) is 20.0 Å². The molecule has 3 N–H and O–H groups in total. The van der Waals surface area contributed by atoms with Crippen molar-refractivity contribution in [1.82, 2.24) is 29.5 Å². The number of anilines is 2. The van der Waals surface area contributed by atoms with E-state index in [0.29, 0.717) is 18.1 Å². The zero-order valence-corrected chi connectivity index (χ0v) is 15.9. The number of benzene rings is 1. The Kier molecular flexibility index (Phi) is 5.02. The monoisotopic (exact) mass is 388 g/mol. The van der Waals surface area contributed by atoms with E-state index in [9.17, 15) is 4.79 Å². The van der Waals surface area contributed by atoms with Crippen LogP contribution in [0, 0.1) is 6.92 Å². The topological polar surface area (TPSA) is 117 Å². The molecule has 4 rings (SSSR count). The minimum atomic E-state index is -0.198. The number of hydrogen-bond acceptors (Lipinski definition) is 6. The summed E-state index contributed by atoms with van der Waals surface area (Å²) in [6.07, 6.45) is 4.96. The molecule has 0 atom stereocenters. The number of nitrogens with zero attached hydrogens (tertiary/aromatic N) is 6. The van der Waals surface area contributed by atoms with Crippen molar-refractivity contribution in [1.29, 1.82) is 0 Å². The van der Waals surface area contributed by atoms with Crippen molar-refractivity contribution in [3.63, 3.8) is 0 Å². The number of hydrogen-bond donors (Lipinski definition) is 2. The smallest absolute Gasteiger partial charge is 0.247 e. The molecule has 0 spiro atoms. The van der Waals surface area contributed by atoms with Crippen LogP contribution >= 0.6 is 0 Å². The lowest BCUT2D eigenvalue weighted by Crippen LogP contribution is -2.21. The van der Waals surface area contributed by atoms with Gasteiger partial charge in [-0.15, -0.1) is 0 Å². The SMILES string of the molecule is Cc1cc(NC(=O)Cn2cc(-c3ccnc(N)n3)cn2)n(Cc2ccccc2)n1. The Morgan fingerprint density at radius 2 is 2.03 bits per heavy atom. The number of aromatic nitrogens is 6. The van der Waals surface area contributed by atoms with E-state index in [-0.39, 0.29) is 18.4 Å². The van der Waals surface area contributed by atoms with Crippen molar-refractivity contribution in [3.05, 3.63) is 72.3 Å². The number of carbonyl (C=O) groups excluding carboxylic acids is 1. The lowest BCUT2D eigenvalue weighted by Gasteiger charge is -2.09. The van der Waals surface area contributed by atoms with E-state index in [1.54, 1.807) is 34.0 Å². The fourth-order valence-electron chi connectivity index (χ4n) is 2.97. The Balaban J connectivity index is 1.44. The van der Waals surface area contributed by atoms with Gasteiger partial charge in [-0.1, -0.05) is 30.3 Å². The van der Waals surface area contributed by atoms with Gasteiger partial charge in [-0.25, -0.2) is 14.6 Å². The third-order valence-electron chi connectivity index (χ3n) is 4.25. The molecule has 0 unspecified atom stereocenters. The second-order valence-electron chi connectivity index (χ2n) is 6.59. The lowest BCUT2D eigenvalue weighted by atomic mass is 10.2. The molecule has 9 heteroatoms. The number of nitrogens with one attached hydrogen (secondary N) is 1. The van der Waals surface area contributed by atoms with Crippen molar-refractivity contribution in [2.24, 2.45) is 0 Å². The highest BCUT2D eigenvalue weighted by Gasteiger charge is 2.12. The predicted molar refractivity (Wildman–Crippen MR) is 109 cm³/mol. The van der Waals surface area contributed by atoms with E-state index in [4.69, 9.17) is 5.73 Å². The van der Waals surface area contributed by atoms with Gasteiger partial charge in [0.1, 0.15) is 12.4 Å². The van der Waals surface area contributed by atoms with Gasteiger partial charge >= 0.3 is 0 Å². The lowest BCUT2D eigenvalue weighted by molar-refractivity contribution is -0.116. The van der Waals surface area contributed by atoms with Crippen LogP contribution in [0.4, 0.5) is 11.8 Å². The average molecular weight is 388 g/mol. The molecule has 0 aliphatic carbocycles. The first-order chi connectivity index (χ1) is 14.1. The van der Waals surface area contributed by atoms with Crippen molar-refractivity contribution >= 4 is 17.7 Å². The van der Waals surface area contributed by atoms with Gasteiger partial charge in [0, 0.05) is 24.0 Å². The van der Waals surface area contributed by atoms with Crippen molar-refractivity contribution in [3.8, 4) is 11.3 Å². The maximum atomic E-state index is 12.5. The average Bonchev–Trinajstić information content (AvgIpc) is 3.29. The summed E-state index contributed by atoms with van der Waals surface area (Å²) in [6, 6.07) is 13.5.